The fourth-order valence-corrected chi connectivity index (χ4v) is 8.21. The molecule has 15 heteroatoms. The SMILES string of the molecule is CC1=C(CO)CN=C1Nc1ccnc2ccc(S(=O)(=O)C(C)(C)C)cc12.CCOC(=O)C1=C(C)C(Nc2ccnc3ccc(S(=O)(=O)C(C)(C)C)cc23)=NC1. The number of hydrogen-bond donors (Lipinski definition) is 3. The van der Waals surface area contributed by atoms with Crippen LogP contribution in [0.1, 0.15) is 62.3 Å². The van der Waals surface area contributed by atoms with Crippen molar-refractivity contribution in [1.29, 1.82) is 0 Å². The van der Waals surface area contributed by atoms with Gasteiger partial charge in [0.25, 0.3) is 0 Å². The number of aliphatic imine (C=N–C) groups is 2. The van der Waals surface area contributed by atoms with Crippen LogP contribution in [0.2, 0.25) is 0 Å². The molecule has 2 aromatic carbocycles. The number of rotatable bonds is 7. The highest BCUT2D eigenvalue weighted by Crippen LogP contribution is 2.32. The van der Waals surface area contributed by atoms with Crippen molar-refractivity contribution in [2.75, 3.05) is 36.9 Å². The Morgan fingerprint density at radius 2 is 1.18 bits per heavy atom. The number of esters is 1. The number of aromatic nitrogens is 2. The zero-order chi connectivity index (χ0) is 40.5. The van der Waals surface area contributed by atoms with E-state index in [-0.39, 0.29) is 28.9 Å². The number of aliphatic hydroxyl groups is 1. The van der Waals surface area contributed by atoms with Crippen molar-refractivity contribution in [3.63, 3.8) is 0 Å². The molecule has 0 spiro atoms. The van der Waals surface area contributed by atoms with Crippen LogP contribution in [-0.2, 0) is 29.2 Å². The number of fused-ring (bicyclic) bond motifs is 2. The average molecular weight is 789 g/mol. The maximum atomic E-state index is 12.9. The zero-order valence-electron chi connectivity index (χ0n) is 32.6. The molecule has 2 aliphatic rings. The van der Waals surface area contributed by atoms with Crippen LogP contribution in [0.3, 0.4) is 0 Å². The van der Waals surface area contributed by atoms with Gasteiger partial charge >= 0.3 is 5.97 Å². The van der Waals surface area contributed by atoms with Gasteiger partial charge in [-0.2, -0.15) is 0 Å². The van der Waals surface area contributed by atoms with E-state index in [0.717, 1.165) is 16.8 Å². The summed E-state index contributed by atoms with van der Waals surface area (Å²) in [5.41, 5.74) is 5.79. The quantitative estimate of drug-likeness (QED) is 0.175. The predicted octanol–water partition coefficient (Wildman–Crippen LogP) is 6.45. The second kappa shape index (κ2) is 15.6. The van der Waals surface area contributed by atoms with Crippen molar-refractivity contribution >= 4 is 70.5 Å². The fraction of sp³-hybridized carbons (Fsp3) is 0.375. The van der Waals surface area contributed by atoms with E-state index >= 15 is 0 Å². The third-order valence-electron chi connectivity index (χ3n) is 9.39. The van der Waals surface area contributed by atoms with Gasteiger partial charge in [0.15, 0.2) is 19.7 Å². The summed E-state index contributed by atoms with van der Waals surface area (Å²) in [5, 5.41) is 17.2. The standard InChI is InChI=1S/C21H25N3O4S.C19H23N3O3S/c1-6-28-20(25)16-12-23-19(13(16)2)24-18-9-10-22-17-8-7-14(11-15(17)18)29(26,27)21(3,4)5;1-12-13(11-23)10-21-18(12)22-17-7-8-20-16-6-5-14(9-15(16)17)26(24,25)19(2,3)4/h7-11H,6,12H2,1-5H3,(H,22,23,24);5-9,23H,10-11H2,1-4H3,(H,20,21,22). The molecule has 0 saturated carbocycles. The van der Waals surface area contributed by atoms with Crippen molar-refractivity contribution < 1.29 is 31.5 Å². The van der Waals surface area contributed by atoms with E-state index in [9.17, 15) is 26.7 Å². The molecule has 55 heavy (non-hydrogen) atoms. The Kier molecular flexibility index (Phi) is 11.7. The molecule has 13 nitrogen and oxygen atoms in total. The molecule has 4 heterocycles. The van der Waals surface area contributed by atoms with Crippen LogP contribution in [0, 0.1) is 0 Å². The Bertz CT molecular complexity index is 2530. The molecule has 6 rings (SSSR count). The number of ether oxygens (including phenoxy) is 1. The summed E-state index contributed by atoms with van der Waals surface area (Å²) in [4.78, 5) is 30.0. The summed E-state index contributed by atoms with van der Waals surface area (Å²) in [6.07, 6.45) is 3.31. The lowest BCUT2D eigenvalue weighted by atomic mass is 10.1. The minimum absolute atomic E-state index is 0.0222. The van der Waals surface area contributed by atoms with Crippen LogP contribution >= 0.6 is 0 Å². The number of anilines is 2. The summed E-state index contributed by atoms with van der Waals surface area (Å²) in [7, 11) is -6.97. The van der Waals surface area contributed by atoms with Crippen LogP contribution in [0.4, 0.5) is 11.4 Å². The van der Waals surface area contributed by atoms with Gasteiger partial charge in [0.2, 0.25) is 0 Å². The number of pyridine rings is 2. The van der Waals surface area contributed by atoms with Gasteiger partial charge in [-0.3, -0.25) is 20.0 Å². The van der Waals surface area contributed by atoms with Crippen molar-refractivity contribution in [2.45, 2.75) is 81.6 Å². The third-order valence-corrected chi connectivity index (χ3v) is 14.4. The highest BCUT2D eigenvalue weighted by Gasteiger charge is 2.32. The van der Waals surface area contributed by atoms with E-state index in [2.05, 4.69) is 30.6 Å². The number of nitrogens with one attached hydrogen (secondary N) is 2. The van der Waals surface area contributed by atoms with Gasteiger partial charge in [-0.25, -0.2) is 21.6 Å². The Hall–Kier alpha value is -4.99. The van der Waals surface area contributed by atoms with Crippen LogP contribution in [0.5, 0.6) is 0 Å². The van der Waals surface area contributed by atoms with E-state index in [1.807, 2.05) is 13.8 Å². The molecule has 2 aromatic heterocycles. The fourth-order valence-electron chi connectivity index (χ4n) is 5.75. The van der Waals surface area contributed by atoms with E-state index < -0.39 is 29.2 Å². The molecule has 0 fully saturated rings. The number of carbonyl (C=O) groups excluding carboxylic acids is 1. The molecule has 0 unspecified atom stereocenters. The number of hydrogen-bond acceptors (Lipinski definition) is 13. The van der Waals surface area contributed by atoms with Crippen molar-refractivity contribution in [2.24, 2.45) is 9.98 Å². The molecular weight excluding hydrogens is 741 g/mol. The summed E-state index contributed by atoms with van der Waals surface area (Å²) in [6.45, 7) is 16.6. The summed E-state index contributed by atoms with van der Waals surface area (Å²) in [6, 6.07) is 13.4. The monoisotopic (exact) mass is 788 g/mol. The summed E-state index contributed by atoms with van der Waals surface area (Å²) in [5.74, 6) is 0.874. The second-order valence-electron chi connectivity index (χ2n) is 15.1. The number of amidine groups is 2. The molecule has 0 saturated heterocycles. The number of carbonyl (C=O) groups is 1. The molecule has 0 aliphatic carbocycles. The largest absolute Gasteiger partial charge is 0.463 e. The highest BCUT2D eigenvalue weighted by atomic mass is 32.2. The Labute approximate surface area is 322 Å². The van der Waals surface area contributed by atoms with Gasteiger partial charge in [0.05, 0.1) is 73.6 Å². The minimum atomic E-state index is -3.51. The van der Waals surface area contributed by atoms with Gasteiger partial charge in [-0.1, -0.05) is 0 Å². The van der Waals surface area contributed by atoms with E-state index in [1.165, 1.54) is 0 Å². The average Bonchev–Trinajstić information content (AvgIpc) is 3.67. The molecule has 4 aromatic rings. The molecule has 3 N–H and O–H groups in total. The van der Waals surface area contributed by atoms with Crippen LogP contribution in [0.25, 0.3) is 21.8 Å². The van der Waals surface area contributed by atoms with Crippen LogP contribution in [0.15, 0.2) is 103 Å². The molecule has 292 valence electrons. The lowest BCUT2D eigenvalue weighted by Gasteiger charge is -2.20. The van der Waals surface area contributed by atoms with Gasteiger partial charge < -0.3 is 20.5 Å². The number of sulfone groups is 2. The normalized spacial score (nSPS) is 15.2. The Morgan fingerprint density at radius 1 is 0.727 bits per heavy atom. The first kappa shape index (κ1) is 41.2. The first-order valence-corrected chi connectivity index (χ1v) is 20.7. The highest BCUT2D eigenvalue weighted by molar-refractivity contribution is 7.93. The number of aliphatic hydroxyl groups excluding tert-OH is 1. The zero-order valence-corrected chi connectivity index (χ0v) is 34.2. The van der Waals surface area contributed by atoms with E-state index in [4.69, 9.17) is 4.74 Å². The lowest BCUT2D eigenvalue weighted by Crippen LogP contribution is -2.27. The summed E-state index contributed by atoms with van der Waals surface area (Å²) >= 11 is 0. The molecule has 0 bridgehead atoms. The van der Waals surface area contributed by atoms with Gasteiger partial charge in [-0.15, -0.1) is 0 Å². The van der Waals surface area contributed by atoms with Crippen molar-refractivity contribution in [3.05, 3.63) is 83.2 Å². The molecule has 0 amide bonds. The predicted molar refractivity (Wildman–Crippen MR) is 218 cm³/mol. The Balaban J connectivity index is 0.000000212. The smallest absolute Gasteiger partial charge is 0.336 e. The van der Waals surface area contributed by atoms with E-state index in [1.54, 1.807) is 109 Å². The lowest BCUT2D eigenvalue weighted by molar-refractivity contribution is -0.138. The molecular formula is C40H48N6O7S2. The van der Waals surface area contributed by atoms with Crippen molar-refractivity contribution in [1.82, 2.24) is 9.97 Å². The van der Waals surface area contributed by atoms with Crippen LogP contribution in [-0.4, -0.2) is 85.3 Å². The number of nitrogens with zero attached hydrogens (tertiary/aromatic N) is 4. The molecule has 0 radical (unpaired) electrons. The molecule has 0 atom stereocenters. The molecule has 2 aliphatic heterocycles. The maximum Gasteiger partial charge on any atom is 0.336 e. The third kappa shape index (κ3) is 8.33. The van der Waals surface area contributed by atoms with Gasteiger partial charge in [0, 0.05) is 28.7 Å². The minimum Gasteiger partial charge on any atom is -0.463 e. The second-order valence-corrected chi connectivity index (χ2v) is 20.5. The van der Waals surface area contributed by atoms with Gasteiger partial charge in [0.1, 0.15) is 11.7 Å². The van der Waals surface area contributed by atoms with E-state index in [0.29, 0.717) is 63.5 Å². The first-order valence-electron chi connectivity index (χ1n) is 17.8. The maximum absolute atomic E-state index is 12.9. The topological polar surface area (TPSA) is 189 Å². The van der Waals surface area contributed by atoms with Crippen LogP contribution < -0.4 is 10.6 Å². The van der Waals surface area contributed by atoms with Crippen molar-refractivity contribution in [3.8, 4) is 0 Å². The van der Waals surface area contributed by atoms with Gasteiger partial charge in [-0.05, 0) is 122 Å². The first-order chi connectivity index (χ1) is 25.7. The Morgan fingerprint density at radius 3 is 1.60 bits per heavy atom. The number of benzene rings is 2. The summed E-state index contributed by atoms with van der Waals surface area (Å²) < 4.78 is 54.6.